The van der Waals surface area contributed by atoms with Crippen LogP contribution in [0, 0.1) is 5.92 Å². The summed E-state index contributed by atoms with van der Waals surface area (Å²) in [6.07, 6.45) is 3.48. The van der Waals surface area contributed by atoms with E-state index in [1.807, 2.05) is 40.9 Å². The molecule has 2 aromatic heterocycles. The first-order chi connectivity index (χ1) is 12.2. The standard InChI is InChI=1S/C19H21N5O/c20-18(25)14-9-11-15(12-10-14)21-19-22-17-8-4-7-16(24(17)23-19)13-5-2-1-3-6-13/h1-8,14-15H,9-12H2,(H2,20,25)(H,21,23). The molecule has 0 aliphatic heterocycles. The minimum atomic E-state index is -0.184. The number of carbonyl (C=O) groups excluding carboxylic acids is 1. The van der Waals surface area contributed by atoms with Crippen molar-refractivity contribution in [2.75, 3.05) is 5.32 Å². The van der Waals surface area contributed by atoms with E-state index in [9.17, 15) is 4.79 Å². The van der Waals surface area contributed by atoms with Gasteiger partial charge in [-0.1, -0.05) is 36.4 Å². The number of rotatable bonds is 4. The zero-order valence-corrected chi connectivity index (χ0v) is 13.9. The number of hydrogen-bond donors (Lipinski definition) is 2. The van der Waals surface area contributed by atoms with Gasteiger partial charge in [0.1, 0.15) is 0 Å². The van der Waals surface area contributed by atoms with Gasteiger partial charge in [-0.25, -0.2) is 4.52 Å². The highest BCUT2D eigenvalue weighted by molar-refractivity contribution is 5.76. The topological polar surface area (TPSA) is 85.3 Å². The summed E-state index contributed by atoms with van der Waals surface area (Å²) in [4.78, 5) is 15.9. The molecular weight excluding hydrogens is 314 g/mol. The lowest BCUT2D eigenvalue weighted by Crippen LogP contribution is -2.32. The third kappa shape index (κ3) is 3.20. The van der Waals surface area contributed by atoms with Gasteiger partial charge in [0.05, 0.1) is 5.69 Å². The lowest BCUT2D eigenvalue weighted by molar-refractivity contribution is -0.122. The molecule has 0 spiro atoms. The highest BCUT2D eigenvalue weighted by Gasteiger charge is 2.25. The molecule has 3 aromatic rings. The van der Waals surface area contributed by atoms with E-state index in [1.165, 1.54) is 0 Å². The number of anilines is 1. The molecule has 0 radical (unpaired) electrons. The first-order valence-electron chi connectivity index (χ1n) is 8.68. The number of hydrogen-bond acceptors (Lipinski definition) is 4. The summed E-state index contributed by atoms with van der Waals surface area (Å²) in [7, 11) is 0. The van der Waals surface area contributed by atoms with Crippen LogP contribution in [0.5, 0.6) is 0 Å². The lowest BCUT2D eigenvalue weighted by atomic mass is 9.86. The van der Waals surface area contributed by atoms with Crippen LogP contribution in [0.15, 0.2) is 48.5 Å². The number of primary amides is 1. The van der Waals surface area contributed by atoms with Crippen molar-refractivity contribution in [3.63, 3.8) is 0 Å². The molecule has 1 amide bonds. The molecule has 1 aromatic carbocycles. The Kier molecular flexibility index (Phi) is 4.09. The lowest BCUT2D eigenvalue weighted by Gasteiger charge is -2.26. The molecule has 1 aliphatic rings. The number of fused-ring (bicyclic) bond motifs is 1. The van der Waals surface area contributed by atoms with Crippen molar-refractivity contribution in [1.29, 1.82) is 0 Å². The minimum absolute atomic E-state index is 0.0109. The normalized spacial score (nSPS) is 20.5. The number of amides is 1. The Balaban J connectivity index is 1.55. The fourth-order valence-corrected chi connectivity index (χ4v) is 3.50. The van der Waals surface area contributed by atoms with Crippen molar-refractivity contribution in [2.45, 2.75) is 31.7 Å². The Bertz CT molecular complexity index is 881. The average molecular weight is 335 g/mol. The van der Waals surface area contributed by atoms with Crippen LogP contribution in [-0.4, -0.2) is 26.5 Å². The Morgan fingerprint density at radius 2 is 1.80 bits per heavy atom. The molecule has 128 valence electrons. The van der Waals surface area contributed by atoms with Gasteiger partial charge in [0, 0.05) is 17.5 Å². The number of nitrogens with one attached hydrogen (secondary N) is 1. The molecule has 3 N–H and O–H groups in total. The predicted octanol–water partition coefficient (Wildman–Crippen LogP) is 2.85. The number of carbonyl (C=O) groups is 1. The van der Waals surface area contributed by atoms with Crippen molar-refractivity contribution >= 4 is 17.5 Å². The zero-order chi connectivity index (χ0) is 17.2. The Morgan fingerprint density at radius 3 is 2.52 bits per heavy atom. The maximum absolute atomic E-state index is 11.3. The summed E-state index contributed by atoms with van der Waals surface area (Å²) in [5.74, 6) is 0.458. The second kappa shape index (κ2) is 6.55. The molecule has 1 aliphatic carbocycles. The number of benzene rings is 1. The van der Waals surface area contributed by atoms with Crippen LogP contribution in [-0.2, 0) is 4.79 Å². The molecular formula is C19H21N5O. The first kappa shape index (κ1) is 15.6. The van der Waals surface area contributed by atoms with E-state index in [4.69, 9.17) is 5.73 Å². The van der Waals surface area contributed by atoms with E-state index in [1.54, 1.807) is 0 Å². The Morgan fingerprint density at radius 1 is 1.04 bits per heavy atom. The van der Waals surface area contributed by atoms with Crippen LogP contribution >= 0.6 is 0 Å². The number of nitrogens with two attached hydrogens (primary N) is 1. The van der Waals surface area contributed by atoms with E-state index in [-0.39, 0.29) is 17.9 Å². The molecule has 2 heterocycles. The highest BCUT2D eigenvalue weighted by Crippen LogP contribution is 2.26. The second-order valence-electron chi connectivity index (χ2n) is 6.58. The van der Waals surface area contributed by atoms with Crippen molar-refractivity contribution in [2.24, 2.45) is 11.7 Å². The summed E-state index contributed by atoms with van der Waals surface area (Å²) in [5.41, 5.74) is 8.33. The monoisotopic (exact) mass is 335 g/mol. The maximum atomic E-state index is 11.3. The molecule has 6 nitrogen and oxygen atoms in total. The van der Waals surface area contributed by atoms with Gasteiger partial charge in [-0.2, -0.15) is 4.98 Å². The van der Waals surface area contributed by atoms with Crippen molar-refractivity contribution in [3.05, 3.63) is 48.5 Å². The fraction of sp³-hybridized carbons (Fsp3) is 0.316. The first-order valence-corrected chi connectivity index (χ1v) is 8.68. The van der Waals surface area contributed by atoms with E-state index in [0.29, 0.717) is 5.95 Å². The Labute approximate surface area is 146 Å². The van der Waals surface area contributed by atoms with E-state index in [0.717, 1.165) is 42.6 Å². The largest absolute Gasteiger partial charge is 0.369 e. The second-order valence-corrected chi connectivity index (χ2v) is 6.58. The van der Waals surface area contributed by atoms with Gasteiger partial charge in [0.25, 0.3) is 0 Å². The van der Waals surface area contributed by atoms with Gasteiger partial charge < -0.3 is 11.1 Å². The smallest absolute Gasteiger partial charge is 0.243 e. The van der Waals surface area contributed by atoms with Crippen molar-refractivity contribution < 1.29 is 4.79 Å². The quantitative estimate of drug-likeness (QED) is 0.768. The number of nitrogens with zero attached hydrogens (tertiary/aromatic N) is 3. The van der Waals surface area contributed by atoms with Crippen LogP contribution in [0.3, 0.4) is 0 Å². The molecule has 1 fully saturated rings. The summed E-state index contributed by atoms with van der Waals surface area (Å²) in [6.45, 7) is 0. The van der Waals surface area contributed by atoms with E-state index in [2.05, 4.69) is 27.5 Å². The molecule has 0 atom stereocenters. The molecule has 6 heteroatoms. The third-order valence-corrected chi connectivity index (χ3v) is 4.89. The Hall–Kier alpha value is -2.89. The molecule has 25 heavy (non-hydrogen) atoms. The van der Waals surface area contributed by atoms with E-state index < -0.39 is 0 Å². The molecule has 4 rings (SSSR count). The summed E-state index contributed by atoms with van der Waals surface area (Å²) < 4.78 is 1.87. The maximum Gasteiger partial charge on any atom is 0.243 e. The van der Waals surface area contributed by atoms with Gasteiger partial charge in [-0.3, -0.25) is 4.79 Å². The average Bonchev–Trinajstić information content (AvgIpc) is 3.05. The summed E-state index contributed by atoms with van der Waals surface area (Å²) in [5, 5.41) is 8.05. The van der Waals surface area contributed by atoms with Crippen molar-refractivity contribution in [1.82, 2.24) is 14.6 Å². The molecule has 1 saturated carbocycles. The van der Waals surface area contributed by atoms with Gasteiger partial charge in [-0.15, -0.1) is 5.10 Å². The van der Waals surface area contributed by atoms with Gasteiger partial charge in [0.2, 0.25) is 11.9 Å². The van der Waals surface area contributed by atoms with Gasteiger partial charge in [0.15, 0.2) is 5.65 Å². The number of aromatic nitrogens is 3. The van der Waals surface area contributed by atoms with Crippen LogP contribution in [0.25, 0.3) is 16.9 Å². The van der Waals surface area contributed by atoms with Gasteiger partial charge >= 0.3 is 0 Å². The molecule has 0 unspecified atom stereocenters. The summed E-state index contributed by atoms with van der Waals surface area (Å²) in [6, 6.07) is 16.4. The molecule has 0 bridgehead atoms. The van der Waals surface area contributed by atoms with Crippen LogP contribution in [0.2, 0.25) is 0 Å². The number of pyridine rings is 1. The van der Waals surface area contributed by atoms with Crippen LogP contribution in [0.1, 0.15) is 25.7 Å². The fourth-order valence-electron chi connectivity index (χ4n) is 3.50. The van der Waals surface area contributed by atoms with Gasteiger partial charge in [-0.05, 0) is 37.8 Å². The van der Waals surface area contributed by atoms with Crippen LogP contribution in [0.4, 0.5) is 5.95 Å². The minimum Gasteiger partial charge on any atom is -0.369 e. The van der Waals surface area contributed by atoms with Crippen molar-refractivity contribution in [3.8, 4) is 11.3 Å². The molecule has 0 saturated heterocycles. The highest BCUT2D eigenvalue weighted by atomic mass is 16.1. The van der Waals surface area contributed by atoms with E-state index >= 15 is 0 Å². The predicted molar refractivity (Wildman–Crippen MR) is 97.0 cm³/mol. The zero-order valence-electron chi connectivity index (χ0n) is 13.9. The van der Waals surface area contributed by atoms with Crippen LogP contribution < -0.4 is 11.1 Å². The third-order valence-electron chi connectivity index (χ3n) is 4.89. The summed E-state index contributed by atoms with van der Waals surface area (Å²) >= 11 is 0. The SMILES string of the molecule is NC(=O)C1CCC(Nc2nc3cccc(-c4ccccc4)n3n2)CC1.